The summed E-state index contributed by atoms with van der Waals surface area (Å²) in [5, 5.41) is 20.8. The van der Waals surface area contributed by atoms with E-state index in [2.05, 4.69) is 163 Å². The summed E-state index contributed by atoms with van der Waals surface area (Å²) < 4.78 is 5.54. The fourth-order valence-electron chi connectivity index (χ4n) is 34.3. The van der Waals surface area contributed by atoms with Crippen LogP contribution in [0.5, 0.6) is 0 Å². The van der Waals surface area contributed by atoms with Crippen molar-refractivity contribution in [1.82, 2.24) is 0 Å². The highest BCUT2D eigenvalue weighted by molar-refractivity contribution is 6.01. The van der Waals surface area contributed by atoms with Crippen LogP contribution in [-0.2, 0) is 19.1 Å². The Hall–Kier alpha value is -4.65. The third-order valence-corrected chi connectivity index (χ3v) is 40.9. The van der Waals surface area contributed by atoms with Crippen molar-refractivity contribution >= 4 is 17.3 Å². The van der Waals surface area contributed by atoms with E-state index >= 15 is 0 Å². The zero-order chi connectivity index (χ0) is 79.3. The molecule has 112 heavy (non-hydrogen) atoms. The second kappa shape index (κ2) is 30.0. The van der Waals surface area contributed by atoms with Crippen LogP contribution in [0.3, 0.4) is 0 Å². The number of carbonyl (C=O) groups excluding carboxylic acids is 3. The van der Waals surface area contributed by atoms with Gasteiger partial charge in [-0.3, -0.25) is 14.4 Å². The molecule has 6 heteroatoms. The van der Waals surface area contributed by atoms with Crippen molar-refractivity contribution in [2.45, 2.75) is 300 Å². The molecule has 0 aromatic heterocycles. The van der Waals surface area contributed by atoms with Gasteiger partial charge in [0.05, 0.1) is 25.1 Å². The zero-order valence-electron chi connectivity index (χ0n) is 72.0. The van der Waals surface area contributed by atoms with E-state index in [1.54, 1.807) is 11.6 Å². The molecule has 0 aromatic rings. The maximum atomic E-state index is 11.9. The molecule has 0 radical (unpaired) electrons. The number of hydrogen-bond acceptors (Lipinski definition) is 6. The van der Waals surface area contributed by atoms with Gasteiger partial charge in [-0.15, -0.1) is 32.9 Å². The molecule has 0 heterocycles. The Kier molecular flexibility index (Phi) is 21.7. The number of aliphatic hydroxyl groups is 2. The van der Waals surface area contributed by atoms with Gasteiger partial charge in [0.1, 0.15) is 0 Å². The minimum atomic E-state index is -0.407. The molecule has 610 valence electrons. The van der Waals surface area contributed by atoms with Gasteiger partial charge in [-0.05, 0) is 402 Å². The molecule has 14 fully saturated rings. The predicted octanol–water partition coefficient (Wildman–Crippen LogP) is 25.5. The molecule has 0 bridgehead atoms. The second-order valence-corrected chi connectivity index (χ2v) is 44.2. The number of aliphatic hydroxyl groups excluding tert-OH is 2. The average molecular weight is 1520 g/mol. The topological polar surface area (TPSA) is 101 Å². The number of allylic oxidation sites excluding steroid dienone is 16. The molecular weight excluding hydrogens is 1370 g/mol. The first kappa shape index (κ1) is 81.1. The quantitative estimate of drug-likeness (QED) is 0.257. The lowest BCUT2D eigenvalue weighted by Gasteiger charge is -2.59. The minimum Gasteiger partial charge on any atom is -0.501 e. The van der Waals surface area contributed by atoms with Crippen LogP contribution < -0.4 is 0 Å². The highest BCUT2D eigenvalue weighted by Crippen LogP contribution is 2.73. The molecule has 31 unspecified atom stereocenters. The fraction of sp³-hybridized carbons (Fsp3) is 0.726. The Morgan fingerprint density at radius 2 is 0.786 bits per heavy atom. The van der Waals surface area contributed by atoms with Gasteiger partial charge in [0, 0.05) is 30.1 Å². The minimum absolute atomic E-state index is 0.0455. The third kappa shape index (κ3) is 12.7. The van der Waals surface area contributed by atoms with Gasteiger partial charge < -0.3 is 14.9 Å². The normalized spacial score (nSPS) is 50.9. The molecule has 0 aliphatic heterocycles. The molecule has 32 atom stereocenters. The lowest BCUT2D eigenvalue weighted by Crippen LogP contribution is -2.53. The van der Waals surface area contributed by atoms with E-state index in [4.69, 9.17) is 4.74 Å². The molecule has 14 saturated carbocycles. The molecule has 0 saturated heterocycles. The third-order valence-electron chi connectivity index (χ3n) is 40.9. The van der Waals surface area contributed by atoms with Crippen molar-refractivity contribution < 1.29 is 29.3 Å². The Morgan fingerprint density at radius 3 is 1.28 bits per heavy atom. The summed E-state index contributed by atoms with van der Waals surface area (Å²) in [4.78, 5) is 35.5. The number of carbonyl (C=O) groups is 3. The fourth-order valence-corrected chi connectivity index (χ4v) is 34.3. The van der Waals surface area contributed by atoms with E-state index in [1.165, 1.54) is 196 Å². The Balaban J connectivity index is 0.000000106. The van der Waals surface area contributed by atoms with E-state index in [0.29, 0.717) is 73.8 Å². The van der Waals surface area contributed by atoms with Crippen LogP contribution in [-0.4, -0.2) is 46.9 Å². The first-order valence-corrected chi connectivity index (χ1v) is 46.7. The Labute approximate surface area is 679 Å². The van der Waals surface area contributed by atoms with Crippen LogP contribution in [0.2, 0.25) is 0 Å². The van der Waals surface area contributed by atoms with E-state index in [-0.39, 0.29) is 33.9 Å². The smallest absolute Gasteiger partial charge is 0.178 e. The van der Waals surface area contributed by atoms with Crippen molar-refractivity contribution in [2.24, 2.45) is 173 Å². The van der Waals surface area contributed by atoms with Crippen LogP contribution in [0.25, 0.3) is 0 Å². The second-order valence-electron chi connectivity index (χ2n) is 44.2. The van der Waals surface area contributed by atoms with Crippen molar-refractivity contribution in [3.63, 3.8) is 0 Å². The highest BCUT2D eigenvalue weighted by atomic mass is 16.5. The molecule has 0 aromatic carbocycles. The Morgan fingerprint density at radius 1 is 0.384 bits per heavy atom. The summed E-state index contributed by atoms with van der Waals surface area (Å²) in [7, 11) is 1.82. The predicted molar refractivity (Wildman–Crippen MR) is 460 cm³/mol. The van der Waals surface area contributed by atoms with Crippen LogP contribution in [0.4, 0.5) is 0 Å². The van der Waals surface area contributed by atoms with E-state index in [9.17, 15) is 24.6 Å². The maximum absolute atomic E-state index is 11.9. The summed E-state index contributed by atoms with van der Waals surface area (Å²) in [6, 6.07) is 0. The van der Waals surface area contributed by atoms with Crippen LogP contribution >= 0.6 is 0 Å². The lowest BCUT2D eigenvalue weighted by molar-refractivity contribution is -0.119. The SMILES string of the molecule is C=CC1CCC2C3CC=C4C=C(OC)CCC4(C)C3CCC12C.C=CC1CCC2C3CCC4=CC(=O)C=CC4(C)C3CCC12C.C=CC1CCC2C3CCC4=CC(=O)CCC4(C)C3CCC12C.C=CC1CCC2C3CCC4=CC(O)C=CC4(C)C3CCC12C.C=CC1CCC2C3C[C@@H](O)C4=CC(=O)CCC4(C)C3CCC12C. The summed E-state index contributed by atoms with van der Waals surface area (Å²) in [5.74, 6) is 17.7. The van der Waals surface area contributed by atoms with Crippen LogP contribution in [0.15, 0.2) is 158 Å². The molecular formula is C106H150O6. The standard InChI is InChI=1S/C22H32O.C21H30O2.2C21H30O.C21H28O/c1-5-15-7-9-19-18-8-6-16-14-17(23-4)10-12-22(16,3)20(18)11-13-21(15,19)2;1-4-13-5-6-16-15-12-19(23)18-11-14(22)7-9-21(18,3)17(15)8-10-20(13,16)2;3*1-4-14-6-8-18-17-7-5-15-13-16(22)9-11-21(15,3)19(17)10-12-20(14,18)2/h5-6,14-15,18-20H,1,7-13H2,2-4H3;4,11,13,15-17,19,23H,1,5-10,12H2,2-3H3;4,13-14,17-19H,1,5-12H2,2-3H3;4,9,11,13-14,16-19,22H,1,5-8,10,12H2,2-3H3;4,9,11,13-14,17-19H,1,5-8,10,12H2,2-3H3/t;13?,15?,16?,17?,19-,20?,21?;;;/m.1.../s1. The largest absolute Gasteiger partial charge is 0.501 e. The van der Waals surface area contributed by atoms with Crippen molar-refractivity contribution in [3.05, 3.63) is 158 Å². The molecule has 0 spiro atoms. The van der Waals surface area contributed by atoms with Gasteiger partial charge in [0.2, 0.25) is 0 Å². The van der Waals surface area contributed by atoms with Gasteiger partial charge in [-0.25, -0.2) is 0 Å². The number of hydrogen-bond donors (Lipinski definition) is 2. The monoisotopic (exact) mass is 1520 g/mol. The number of ether oxygens (including phenoxy) is 1. The number of ketones is 3. The number of fused-ring (bicyclic) bond motifs is 25. The maximum Gasteiger partial charge on any atom is 0.178 e. The van der Waals surface area contributed by atoms with E-state index in [0.717, 1.165) is 139 Å². The van der Waals surface area contributed by atoms with Gasteiger partial charge in [0.25, 0.3) is 0 Å². The van der Waals surface area contributed by atoms with Crippen molar-refractivity contribution in [3.8, 4) is 0 Å². The zero-order valence-corrected chi connectivity index (χ0v) is 72.0. The first-order chi connectivity index (χ1) is 53.4. The van der Waals surface area contributed by atoms with Gasteiger partial charge >= 0.3 is 0 Å². The summed E-state index contributed by atoms with van der Waals surface area (Å²) >= 11 is 0. The van der Waals surface area contributed by atoms with Crippen molar-refractivity contribution in [2.75, 3.05) is 7.11 Å². The van der Waals surface area contributed by atoms with Crippen LogP contribution in [0, 0.1) is 173 Å². The molecule has 6 nitrogen and oxygen atoms in total. The molecule has 2 N–H and O–H groups in total. The summed E-state index contributed by atoms with van der Waals surface area (Å²) in [5.41, 5.74) is 10.5. The van der Waals surface area contributed by atoms with Crippen molar-refractivity contribution in [1.29, 1.82) is 0 Å². The highest BCUT2D eigenvalue weighted by Gasteiger charge is 2.65. The van der Waals surface area contributed by atoms with Gasteiger partial charge in [-0.1, -0.05) is 147 Å². The Bertz CT molecular complexity index is 3980. The van der Waals surface area contributed by atoms with Gasteiger partial charge in [0.15, 0.2) is 17.3 Å². The van der Waals surface area contributed by atoms with E-state index in [1.807, 2.05) is 31.4 Å². The number of methoxy groups -OCH3 is 1. The van der Waals surface area contributed by atoms with Crippen LogP contribution in [0.1, 0.15) is 288 Å². The molecule has 20 aliphatic rings. The first-order valence-electron chi connectivity index (χ1n) is 46.7. The van der Waals surface area contributed by atoms with E-state index < -0.39 is 6.10 Å². The average Bonchev–Trinajstić information content (AvgIpc) is 1.43. The van der Waals surface area contributed by atoms with Gasteiger partial charge in [-0.2, -0.15) is 0 Å². The lowest BCUT2D eigenvalue weighted by atomic mass is 9.46. The summed E-state index contributed by atoms with van der Waals surface area (Å²) in [6.45, 7) is 45.4. The molecule has 0 amide bonds. The molecule has 20 aliphatic carbocycles. The molecule has 20 rings (SSSR count). The number of rotatable bonds is 6. The summed E-state index contributed by atoms with van der Waals surface area (Å²) in [6.07, 6.45) is 74.0.